The Morgan fingerprint density at radius 2 is 1.75 bits per heavy atom. The minimum atomic E-state index is 0.0974. The van der Waals surface area contributed by atoms with E-state index in [0.717, 1.165) is 5.75 Å². The van der Waals surface area contributed by atoms with Crippen LogP contribution in [0.25, 0.3) is 0 Å². The largest absolute Gasteiger partial charge is 0.492 e. The first kappa shape index (κ1) is 13.0. The van der Waals surface area contributed by atoms with Crippen LogP contribution in [0.1, 0.15) is 39.2 Å². The third-order valence-corrected chi connectivity index (χ3v) is 2.83. The summed E-state index contributed by atoms with van der Waals surface area (Å²) in [7, 11) is 0. The molecular formula is C14H23NO. The number of ether oxygens (including phenoxy) is 1. The van der Waals surface area contributed by atoms with Gasteiger partial charge in [-0.2, -0.15) is 0 Å². The summed E-state index contributed by atoms with van der Waals surface area (Å²) in [6.07, 6.45) is 0. The van der Waals surface area contributed by atoms with E-state index in [-0.39, 0.29) is 6.04 Å². The van der Waals surface area contributed by atoms with Crippen LogP contribution in [0.2, 0.25) is 0 Å². The van der Waals surface area contributed by atoms with Gasteiger partial charge in [-0.15, -0.1) is 0 Å². The average Bonchev–Trinajstić information content (AvgIpc) is 2.25. The molecule has 0 spiro atoms. The lowest BCUT2D eigenvalue weighted by Crippen LogP contribution is -2.33. The minimum Gasteiger partial charge on any atom is -0.492 e. The Kier molecular flexibility index (Phi) is 4.81. The van der Waals surface area contributed by atoms with Crippen LogP contribution >= 0.6 is 0 Å². The van der Waals surface area contributed by atoms with Crippen molar-refractivity contribution in [3.8, 4) is 5.75 Å². The highest BCUT2D eigenvalue weighted by Gasteiger charge is 2.11. The number of hydrogen-bond acceptors (Lipinski definition) is 2. The molecule has 0 aliphatic heterocycles. The van der Waals surface area contributed by atoms with E-state index >= 15 is 0 Å². The van der Waals surface area contributed by atoms with Crippen molar-refractivity contribution in [3.05, 3.63) is 29.8 Å². The summed E-state index contributed by atoms with van der Waals surface area (Å²) < 4.78 is 5.80. The van der Waals surface area contributed by atoms with Crippen LogP contribution in [0.15, 0.2) is 24.3 Å². The molecule has 0 heterocycles. The molecule has 0 unspecified atom stereocenters. The summed E-state index contributed by atoms with van der Waals surface area (Å²) in [6, 6.07) is 8.27. The van der Waals surface area contributed by atoms with Gasteiger partial charge in [-0.25, -0.2) is 0 Å². The maximum Gasteiger partial charge on any atom is 0.122 e. The molecule has 2 nitrogen and oxygen atoms in total. The van der Waals surface area contributed by atoms with Gasteiger partial charge in [0.15, 0.2) is 0 Å². The van der Waals surface area contributed by atoms with E-state index in [2.05, 4.69) is 33.8 Å². The van der Waals surface area contributed by atoms with Crippen LogP contribution in [0.4, 0.5) is 0 Å². The van der Waals surface area contributed by atoms with E-state index in [0.29, 0.717) is 18.4 Å². The second kappa shape index (κ2) is 5.90. The van der Waals surface area contributed by atoms with Crippen molar-refractivity contribution >= 4 is 0 Å². The van der Waals surface area contributed by atoms with Crippen LogP contribution in [0.3, 0.4) is 0 Å². The van der Waals surface area contributed by atoms with Crippen LogP contribution in [-0.2, 0) is 0 Å². The summed E-state index contributed by atoms with van der Waals surface area (Å²) in [6.45, 7) is 9.15. The van der Waals surface area contributed by atoms with E-state index in [1.165, 1.54) is 5.56 Å². The Morgan fingerprint density at radius 3 is 2.31 bits per heavy atom. The Labute approximate surface area is 98.8 Å². The van der Waals surface area contributed by atoms with Crippen molar-refractivity contribution in [2.45, 2.75) is 39.7 Å². The fourth-order valence-electron chi connectivity index (χ4n) is 1.47. The van der Waals surface area contributed by atoms with Gasteiger partial charge in [-0.1, -0.05) is 45.9 Å². The molecule has 0 aliphatic rings. The smallest absolute Gasteiger partial charge is 0.122 e. The zero-order valence-electron chi connectivity index (χ0n) is 10.7. The van der Waals surface area contributed by atoms with E-state index < -0.39 is 0 Å². The van der Waals surface area contributed by atoms with Crippen molar-refractivity contribution in [3.63, 3.8) is 0 Å². The third kappa shape index (κ3) is 3.53. The van der Waals surface area contributed by atoms with E-state index in [9.17, 15) is 0 Å². The summed E-state index contributed by atoms with van der Waals surface area (Å²) in [5, 5.41) is 0. The minimum absolute atomic E-state index is 0.0974. The third-order valence-electron chi connectivity index (χ3n) is 2.83. The molecule has 0 aliphatic carbocycles. The van der Waals surface area contributed by atoms with Crippen molar-refractivity contribution in [2.24, 2.45) is 11.7 Å². The highest BCUT2D eigenvalue weighted by atomic mass is 16.5. The molecule has 1 aromatic carbocycles. The van der Waals surface area contributed by atoms with Crippen LogP contribution in [0, 0.1) is 5.92 Å². The van der Waals surface area contributed by atoms with Crippen molar-refractivity contribution < 1.29 is 4.74 Å². The van der Waals surface area contributed by atoms with Gasteiger partial charge >= 0.3 is 0 Å². The van der Waals surface area contributed by atoms with E-state index in [1.807, 2.05) is 18.2 Å². The van der Waals surface area contributed by atoms with E-state index in [1.54, 1.807) is 0 Å². The maximum atomic E-state index is 5.97. The molecule has 1 rings (SSSR count). The molecule has 0 saturated carbocycles. The zero-order valence-corrected chi connectivity index (χ0v) is 10.7. The van der Waals surface area contributed by atoms with Gasteiger partial charge in [-0.3, -0.25) is 0 Å². The SMILES string of the molecule is CC(C)c1ccccc1OC[C@@H](N)C(C)C. The Balaban J connectivity index is 2.66. The monoisotopic (exact) mass is 221 g/mol. The van der Waals surface area contributed by atoms with Crippen LogP contribution in [0.5, 0.6) is 5.75 Å². The molecule has 90 valence electrons. The predicted molar refractivity (Wildman–Crippen MR) is 68.8 cm³/mol. The highest BCUT2D eigenvalue weighted by molar-refractivity contribution is 5.35. The summed E-state index contributed by atoms with van der Waals surface area (Å²) in [4.78, 5) is 0. The molecule has 0 amide bonds. The molecule has 1 atom stereocenters. The van der Waals surface area contributed by atoms with Gasteiger partial charge < -0.3 is 10.5 Å². The fraction of sp³-hybridized carbons (Fsp3) is 0.571. The normalized spacial score (nSPS) is 13.2. The van der Waals surface area contributed by atoms with Crippen LogP contribution in [-0.4, -0.2) is 12.6 Å². The first-order chi connectivity index (χ1) is 7.52. The van der Waals surface area contributed by atoms with Crippen molar-refractivity contribution in [1.82, 2.24) is 0 Å². The molecule has 16 heavy (non-hydrogen) atoms. The Morgan fingerprint density at radius 1 is 1.12 bits per heavy atom. The average molecular weight is 221 g/mol. The number of rotatable bonds is 5. The van der Waals surface area contributed by atoms with Gasteiger partial charge in [0.1, 0.15) is 12.4 Å². The van der Waals surface area contributed by atoms with Gasteiger partial charge in [0, 0.05) is 6.04 Å². The lowest BCUT2D eigenvalue weighted by atomic mass is 10.0. The molecule has 0 saturated heterocycles. The fourth-order valence-corrected chi connectivity index (χ4v) is 1.47. The first-order valence-electron chi connectivity index (χ1n) is 5.99. The number of nitrogens with two attached hydrogens (primary N) is 1. The summed E-state index contributed by atoms with van der Waals surface area (Å²) in [5.41, 5.74) is 7.21. The molecule has 0 fully saturated rings. The molecule has 0 radical (unpaired) electrons. The van der Waals surface area contributed by atoms with E-state index in [4.69, 9.17) is 10.5 Å². The number of para-hydroxylation sites is 1. The van der Waals surface area contributed by atoms with Gasteiger partial charge in [0.2, 0.25) is 0 Å². The summed E-state index contributed by atoms with van der Waals surface area (Å²) in [5.74, 6) is 1.89. The summed E-state index contributed by atoms with van der Waals surface area (Å²) >= 11 is 0. The van der Waals surface area contributed by atoms with Crippen molar-refractivity contribution in [2.75, 3.05) is 6.61 Å². The Hall–Kier alpha value is -1.02. The molecule has 0 bridgehead atoms. The second-order valence-electron chi connectivity index (χ2n) is 4.91. The highest BCUT2D eigenvalue weighted by Crippen LogP contribution is 2.25. The topological polar surface area (TPSA) is 35.2 Å². The van der Waals surface area contributed by atoms with Crippen LogP contribution < -0.4 is 10.5 Å². The van der Waals surface area contributed by atoms with Gasteiger partial charge in [0.05, 0.1) is 0 Å². The lowest BCUT2D eigenvalue weighted by Gasteiger charge is -2.19. The van der Waals surface area contributed by atoms with Gasteiger partial charge in [-0.05, 0) is 23.5 Å². The molecule has 0 aromatic heterocycles. The predicted octanol–water partition coefficient (Wildman–Crippen LogP) is 3.17. The quantitative estimate of drug-likeness (QED) is 0.829. The number of hydrogen-bond donors (Lipinski definition) is 1. The van der Waals surface area contributed by atoms with Crippen molar-refractivity contribution in [1.29, 1.82) is 0 Å². The lowest BCUT2D eigenvalue weighted by molar-refractivity contribution is 0.257. The number of benzene rings is 1. The first-order valence-corrected chi connectivity index (χ1v) is 5.99. The molecular weight excluding hydrogens is 198 g/mol. The molecule has 1 aromatic rings. The zero-order chi connectivity index (χ0) is 12.1. The maximum absolute atomic E-state index is 5.97. The molecule has 2 heteroatoms. The Bertz CT molecular complexity index is 320. The second-order valence-corrected chi connectivity index (χ2v) is 4.91. The standard InChI is InChI=1S/C14H23NO/c1-10(2)12-7-5-6-8-14(12)16-9-13(15)11(3)4/h5-8,10-11,13H,9,15H2,1-4H3/t13-/m1/s1. The molecule has 2 N–H and O–H groups in total. The van der Waals surface area contributed by atoms with Gasteiger partial charge in [0.25, 0.3) is 0 Å².